The van der Waals surface area contributed by atoms with Gasteiger partial charge >= 0.3 is 0 Å². The maximum Gasteiger partial charge on any atom is 0.243 e. The van der Waals surface area contributed by atoms with Gasteiger partial charge < -0.3 is 20.1 Å². The van der Waals surface area contributed by atoms with Gasteiger partial charge in [0.1, 0.15) is 17.5 Å². The van der Waals surface area contributed by atoms with Gasteiger partial charge in [-0.1, -0.05) is 42.5 Å². The lowest BCUT2D eigenvalue weighted by atomic mass is 10.0. The number of piperidine rings is 1. The molecule has 3 aromatic rings. The first-order valence-corrected chi connectivity index (χ1v) is 13.9. The van der Waals surface area contributed by atoms with Crippen LogP contribution in [0.1, 0.15) is 25.3 Å². The van der Waals surface area contributed by atoms with Gasteiger partial charge in [-0.2, -0.15) is 4.31 Å². The minimum atomic E-state index is -3.69. The van der Waals surface area contributed by atoms with Gasteiger partial charge in [-0.25, -0.2) is 8.42 Å². The number of carbonyl (C=O) groups excluding carboxylic acids is 2. The van der Waals surface area contributed by atoms with Crippen molar-refractivity contribution in [2.24, 2.45) is 0 Å². The molecule has 1 aliphatic rings. The fraction of sp³-hybridized carbons (Fsp3) is 0.357. The van der Waals surface area contributed by atoms with Gasteiger partial charge in [0.05, 0.1) is 19.1 Å². The Labute approximate surface area is 223 Å². The van der Waals surface area contributed by atoms with Gasteiger partial charge in [-0.15, -0.1) is 0 Å². The zero-order valence-corrected chi connectivity index (χ0v) is 22.6. The summed E-state index contributed by atoms with van der Waals surface area (Å²) in [5, 5.41) is 7.29. The Balaban J connectivity index is 1.42. The van der Waals surface area contributed by atoms with Crippen LogP contribution in [0.3, 0.4) is 0 Å². The van der Waals surface area contributed by atoms with E-state index in [-0.39, 0.29) is 42.3 Å². The third-order valence-corrected chi connectivity index (χ3v) is 8.74. The number of hydrogen-bond acceptors (Lipinski definition) is 6. The smallest absolute Gasteiger partial charge is 0.243 e. The Hall–Kier alpha value is -3.63. The fourth-order valence-corrected chi connectivity index (χ4v) is 6.48. The Bertz CT molecular complexity index is 1410. The summed E-state index contributed by atoms with van der Waals surface area (Å²) in [5.74, 6) is 0.526. The number of sulfonamides is 1. The monoisotopic (exact) mass is 539 g/mol. The molecular weight excluding hydrogens is 506 g/mol. The van der Waals surface area contributed by atoms with Gasteiger partial charge in [0.25, 0.3) is 0 Å². The number of nitrogens with zero attached hydrogens (tertiary/aromatic N) is 1. The third kappa shape index (κ3) is 6.08. The number of carbonyl (C=O) groups is 2. The molecule has 0 aromatic heterocycles. The summed E-state index contributed by atoms with van der Waals surface area (Å²) >= 11 is 0. The van der Waals surface area contributed by atoms with Crippen LogP contribution in [0.4, 0.5) is 0 Å². The minimum Gasteiger partial charge on any atom is -0.497 e. The van der Waals surface area contributed by atoms with Gasteiger partial charge in [0.2, 0.25) is 21.8 Å². The SMILES string of the molecule is COc1ccc(C[C@H](NC(C)=O)C(=O)NC2CCN(S(=O)(=O)c3cccc4ccccc34)CC2)c(OC)c1. The minimum absolute atomic E-state index is 0.213. The van der Waals surface area contributed by atoms with E-state index < -0.39 is 16.1 Å². The lowest BCUT2D eigenvalue weighted by molar-refractivity contribution is -0.128. The zero-order valence-electron chi connectivity index (χ0n) is 21.8. The second-order valence-corrected chi connectivity index (χ2v) is 11.2. The number of fused-ring (bicyclic) bond motifs is 1. The molecule has 1 atom stereocenters. The number of rotatable bonds is 9. The average Bonchev–Trinajstić information content (AvgIpc) is 2.92. The van der Waals surface area contributed by atoms with Crippen molar-refractivity contribution in [1.29, 1.82) is 0 Å². The van der Waals surface area contributed by atoms with Crippen LogP contribution < -0.4 is 20.1 Å². The molecule has 3 aromatic carbocycles. The first kappa shape index (κ1) is 27.4. The van der Waals surface area contributed by atoms with Crippen molar-refractivity contribution in [3.05, 3.63) is 66.2 Å². The molecule has 0 spiro atoms. The summed E-state index contributed by atoms with van der Waals surface area (Å²) in [6, 6.07) is 17.0. The molecule has 0 unspecified atom stereocenters. The first-order chi connectivity index (χ1) is 18.2. The molecule has 1 saturated heterocycles. The Morgan fingerprint density at radius 1 is 1.00 bits per heavy atom. The first-order valence-electron chi connectivity index (χ1n) is 12.5. The van der Waals surface area contributed by atoms with Crippen LogP contribution in [-0.2, 0) is 26.0 Å². The molecule has 1 aliphatic heterocycles. The fourth-order valence-electron chi connectivity index (χ4n) is 4.80. The zero-order chi connectivity index (χ0) is 27.3. The molecule has 4 rings (SSSR count). The average molecular weight is 540 g/mol. The summed E-state index contributed by atoms with van der Waals surface area (Å²) in [5.41, 5.74) is 0.748. The predicted molar refractivity (Wildman–Crippen MR) is 145 cm³/mol. The number of ether oxygens (including phenoxy) is 2. The summed E-state index contributed by atoms with van der Waals surface area (Å²) in [6.07, 6.45) is 1.16. The van der Waals surface area contributed by atoms with Crippen LogP contribution in [0.5, 0.6) is 11.5 Å². The Morgan fingerprint density at radius 2 is 1.71 bits per heavy atom. The Kier molecular flexibility index (Phi) is 8.53. The van der Waals surface area contributed by atoms with E-state index in [1.807, 2.05) is 30.3 Å². The van der Waals surface area contributed by atoms with E-state index in [1.54, 1.807) is 37.4 Å². The lowest BCUT2D eigenvalue weighted by Gasteiger charge is -2.32. The molecule has 0 bridgehead atoms. The molecule has 10 heteroatoms. The highest BCUT2D eigenvalue weighted by Gasteiger charge is 2.32. The van der Waals surface area contributed by atoms with E-state index in [4.69, 9.17) is 9.47 Å². The molecular formula is C28H33N3O6S. The van der Waals surface area contributed by atoms with Gasteiger partial charge in [0.15, 0.2) is 0 Å². The third-order valence-electron chi connectivity index (χ3n) is 6.78. The predicted octanol–water partition coefficient (Wildman–Crippen LogP) is 2.87. The number of amides is 2. The molecule has 1 fully saturated rings. The second-order valence-electron chi connectivity index (χ2n) is 9.30. The maximum atomic E-state index is 13.4. The summed E-state index contributed by atoms with van der Waals surface area (Å²) in [4.78, 5) is 25.3. The van der Waals surface area contributed by atoms with Gasteiger partial charge in [-0.05, 0) is 35.9 Å². The van der Waals surface area contributed by atoms with Crippen molar-refractivity contribution in [2.45, 2.75) is 43.2 Å². The van der Waals surface area contributed by atoms with Crippen molar-refractivity contribution >= 4 is 32.6 Å². The standard InChI is InChI=1S/C28H33N3O6S/c1-19(32)29-25(17-21-11-12-23(36-2)18-26(21)37-3)28(33)30-22-13-15-31(16-14-22)38(34,35)27-10-6-8-20-7-4-5-9-24(20)27/h4-12,18,22,25H,13-17H2,1-3H3,(H,29,32)(H,30,33)/t25-/m0/s1. The van der Waals surface area contributed by atoms with Crippen LogP contribution in [0, 0.1) is 0 Å². The summed E-state index contributed by atoms with van der Waals surface area (Å²) in [6.45, 7) is 1.93. The molecule has 38 heavy (non-hydrogen) atoms. The topological polar surface area (TPSA) is 114 Å². The second kappa shape index (κ2) is 11.8. The molecule has 1 heterocycles. The van der Waals surface area contributed by atoms with Gasteiger partial charge in [-0.3, -0.25) is 9.59 Å². The van der Waals surface area contributed by atoms with Crippen LogP contribution >= 0.6 is 0 Å². The summed E-state index contributed by atoms with van der Waals surface area (Å²) < 4.78 is 39.0. The van der Waals surface area contributed by atoms with Crippen molar-refractivity contribution in [2.75, 3.05) is 27.3 Å². The molecule has 2 N–H and O–H groups in total. The largest absolute Gasteiger partial charge is 0.497 e. The molecule has 202 valence electrons. The number of hydrogen-bond donors (Lipinski definition) is 2. The molecule has 0 saturated carbocycles. The highest BCUT2D eigenvalue weighted by molar-refractivity contribution is 7.89. The van der Waals surface area contributed by atoms with E-state index in [0.717, 1.165) is 10.9 Å². The maximum absolute atomic E-state index is 13.4. The molecule has 0 radical (unpaired) electrons. The molecule has 9 nitrogen and oxygen atoms in total. The van der Waals surface area contributed by atoms with Crippen molar-refractivity contribution < 1.29 is 27.5 Å². The normalized spacial score (nSPS) is 15.6. The van der Waals surface area contributed by atoms with Crippen molar-refractivity contribution in [3.8, 4) is 11.5 Å². The van der Waals surface area contributed by atoms with E-state index in [1.165, 1.54) is 18.3 Å². The molecule has 2 amide bonds. The quantitative estimate of drug-likeness (QED) is 0.432. The van der Waals surface area contributed by atoms with Gasteiger partial charge in [0, 0.05) is 43.9 Å². The van der Waals surface area contributed by atoms with Crippen molar-refractivity contribution in [3.63, 3.8) is 0 Å². The van der Waals surface area contributed by atoms with E-state index in [2.05, 4.69) is 10.6 Å². The number of methoxy groups -OCH3 is 2. The van der Waals surface area contributed by atoms with Crippen LogP contribution in [0.2, 0.25) is 0 Å². The summed E-state index contributed by atoms with van der Waals surface area (Å²) in [7, 11) is -0.598. The van der Waals surface area contributed by atoms with Crippen molar-refractivity contribution in [1.82, 2.24) is 14.9 Å². The highest BCUT2D eigenvalue weighted by Crippen LogP contribution is 2.28. The van der Waals surface area contributed by atoms with E-state index in [9.17, 15) is 18.0 Å². The van der Waals surface area contributed by atoms with Crippen LogP contribution in [-0.4, -0.2) is 63.9 Å². The van der Waals surface area contributed by atoms with Crippen LogP contribution in [0.15, 0.2) is 65.6 Å². The van der Waals surface area contributed by atoms with E-state index in [0.29, 0.717) is 29.7 Å². The lowest BCUT2D eigenvalue weighted by Crippen LogP contribution is -2.53. The Morgan fingerprint density at radius 3 is 2.39 bits per heavy atom. The highest BCUT2D eigenvalue weighted by atomic mass is 32.2. The number of nitrogens with one attached hydrogen (secondary N) is 2. The number of benzene rings is 3. The van der Waals surface area contributed by atoms with Crippen LogP contribution in [0.25, 0.3) is 10.8 Å². The van der Waals surface area contributed by atoms with E-state index >= 15 is 0 Å². The molecule has 0 aliphatic carbocycles.